The number of hydrogen-bond donors (Lipinski definition) is 2. The van der Waals surface area contributed by atoms with Gasteiger partial charge in [0.05, 0.1) is 0 Å². The van der Waals surface area contributed by atoms with Crippen LogP contribution >= 0.6 is 0 Å². The van der Waals surface area contributed by atoms with Gasteiger partial charge in [-0.25, -0.2) is 0 Å². The van der Waals surface area contributed by atoms with Gasteiger partial charge in [0.25, 0.3) is 0 Å². The number of aliphatic hydroxyl groups is 2. The molecule has 0 bridgehead atoms. The van der Waals surface area contributed by atoms with Crippen molar-refractivity contribution in [3.05, 3.63) is 59.1 Å². The number of allylic oxidation sites excluding steroid dienone is 2. The van der Waals surface area contributed by atoms with Crippen molar-refractivity contribution in [2.75, 3.05) is 0 Å². The molecule has 4 nitrogen and oxygen atoms in total. The highest BCUT2D eigenvalue weighted by atomic mass is 16.3. The average Bonchev–Trinajstić information content (AvgIpc) is 2.38. The molecule has 0 aromatic heterocycles. The lowest BCUT2D eigenvalue weighted by Crippen LogP contribution is -2.19. The van der Waals surface area contributed by atoms with Crippen LogP contribution in [-0.4, -0.2) is 21.8 Å². The Morgan fingerprint density at radius 1 is 0.944 bits per heavy atom. The predicted molar refractivity (Wildman–Crippen MR) is 65.1 cm³/mol. The summed E-state index contributed by atoms with van der Waals surface area (Å²) in [7, 11) is 0. The zero-order chi connectivity index (χ0) is 13.1. The fourth-order valence-corrected chi connectivity index (χ4v) is 1.81. The van der Waals surface area contributed by atoms with Crippen LogP contribution in [0.1, 0.15) is 12.0 Å². The molecule has 0 amide bonds. The summed E-state index contributed by atoms with van der Waals surface area (Å²) in [5.74, 6) is -2.58. The van der Waals surface area contributed by atoms with E-state index in [0.29, 0.717) is 6.42 Å². The maximum atomic E-state index is 11.6. The predicted octanol–water partition coefficient (Wildman–Crippen LogP) is 2.02. The van der Waals surface area contributed by atoms with Gasteiger partial charge in [0, 0.05) is 11.6 Å². The number of hydrogen-bond acceptors (Lipinski definition) is 4. The first-order valence-corrected chi connectivity index (χ1v) is 5.55. The normalized spacial score (nSPS) is 15.9. The highest BCUT2D eigenvalue weighted by Gasteiger charge is 2.27. The molecule has 2 rings (SSSR count). The second-order valence-corrected chi connectivity index (χ2v) is 4.04. The van der Waals surface area contributed by atoms with Crippen molar-refractivity contribution < 1.29 is 19.8 Å². The number of ketones is 2. The van der Waals surface area contributed by atoms with Gasteiger partial charge in [0.2, 0.25) is 11.6 Å². The van der Waals surface area contributed by atoms with E-state index in [4.69, 9.17) is 0 Å². The molecule has 0 radical (unpaired) electrons. The molecule has 0 atom stereocenters. The third-order valence-electron chi connectivity index (χ3n) is 2.80. The Balaban J connectivity index is 2.16. The van der Waals surface area contributed by atoms with Gasteiger partial charge in [-0.2, -0.15) is 0 Å². The van der Waals surface area contributed by atoms with Gasteiger partial charge in [0.15, 0.2) is 11.5 Å². The van der Waals surface area contributed by atoms with E-state index in [2.05, 4.69) is 0 Å². The Bertz CT molecular complexity index is 552. The minimum atomic E-state index is -0.727. The van der Waals surface area contributed by atoms with E-state index in [1.807, 2.05) is 30.3 Å². The number of aliphatic hydroxyl groups excluding tert-OH is 2. The fraction of sp³-hybridized carbons (Fsp3) is 0.143. The van der Waals surface area contributed by atoms with E-state index in [1.165, 1.54) is 0 Å². The first-order valence-electron chi connectivity index (χ1n) is 5.55. The number of Topliss-reactive ketones (excluding diaryl/α,β-unsaturated/α-hetero) is 1. The highest BCUT2D eigenvalue weighted by molar-refractivity contribution is 6.20. The molecule has 0 aliphatic heterocycles. The summed E-state index contributed by atoms with van der Waals surface area (Å²) in [5.41, 5.74) is 0.968. The maximum absolute atomic E-state index is 11.6. The second kappa shape index (κ2) is 4.87. The van der Waals surface area contributed by atoms with Crippen molar-refractivity contribution in [2.24, 2.45) is 0 Å². The molecular formula is C14H12O4. The molecule has 2 N–H and O–H groups in total. The zero-order valence-corrected chi connectivity index (χ0v) is 9.59. The van der Waals surface area contributed by atoms with Gasteiger partial charge in [-0.05, 0) is 18.4 Å². The summed E-state index contributed by atoms with van der Waals surface area (Å²) in [6, 6.07) is 9.40. The van der Waals surface area contributed by atoms with Crippen LogP contribution < -0.4 is 0 Å². The first-order chi connectivity index (χ1) is 8.59. The van der Waals surface area contributed by atoms with E-state index in [9.17, 15) is 19.8 Å². The standard InChI is InChI=1S/C14H12O4/c15-11-8-12(16)14(18)10(13(11)17)7-6-9-4-2-1-3-5-9/h1-5,8,15,18H,6-7H2. The molecule has 1 aromatic carbocycles. The molecule has 0 saturated carbocycles. The Kier molecular flexibility index (Phi) is 3.28. The minimum Gasteiger partial charge on any atom is -0.504 e. The molecule has 0 spiro atoms. The molecule has 92 valence electrons. The zero-order valence-electron chi connectivity index (χ0n) is 9.59. The van der Waals surface area contributed by atoms with Crippen molar-refractivity contribution in [3.8, 4) is 0 Å². The van der Waals surface area contributed by atoms with E-state index >= 15 is 0 Å². The highest BCUT2D eigenvalue weighted by Crippen LogP contribution is 2.20. The van der Waals surface area contributed by atoms with Crippen LogP contribution in [0.15, 0.2) is 53.5 Å². The van der Waals surface area contributed by atoms with Crippen molar-refractivity contribution in [2.45, 2.75) is 12.8 Å². The summed E-state index contributed by atoms with van der Waals surface area (Å²) in [5, 5.41) is 18.8. The molecule has 0 fully saturated rings. The number of aryl methyl sites for hydroxylation is 1. The van der Waals surface area contributed by atoms with Crippen LogP contribution in [-0.2, 0) is 16.0 Å². The summed E-state index contributed by atoms with van der Waals surface area (Å²) < 4.78 is 0. The summed E-state index contributed by atoms with van der Waals surface area (Å²) >= 11 is 0. The molecule has 0 unspecified atom stereocenters. The molecule has 0 heterocycles. The Hall–Kier alpha value is -2.36. The third kappa shape index (κ3) is 2.32. The van der Waals surface area contributed by atoms with Gasteiger partial charge in [0.1, 0.15) is 0 Å². The van der Waals surface area contributed by atoms with Crippen LogP contribution in [0.3, 0.4) is 0 Å². The topological polar surface area (TPSA) is 74.6 Å². The quantitative estimate of drug-likeness (QED) is 0.798. The second-order valence-electron chi connectivity index (χ2n) is 4.04. The van der Waals surface area contributed by atoms with E-state index in [0.717, 1.165) is 11.6 Å². The molecule has 4 heteroatoms. The van der Waals surface area contributed by atoms with Crippen molar-refractivity contribution in [1.29, 1.82) is 0 Å². The summed E-state index contributed by atoms with van der Waals surface area (Å²) in [6.07, 6.45) is 1.48. The third-order valence-corrected chi connectivity index (χ3v) is 2.80. The van der Waals surface area contributed by atoms with Crippen molar-refractivity contribution in [1.82, 2.24) is 0 Å². The van der Waals surface area contributed by atoms with E-state index < -0.39 is 23.1 Å². The summed E-state index contributed by atoms with van der Waals surface area (Å²) in [6.45, 7) is 0. The molecule has 18 heavy (non-hydrogen) atoms. The number of carbonyl (C=O) groups is 2. The fourth-order valence-electron chi connectivity index (χ4n) is 1.81. The number of carbonyl (C=O) groups excluding carboxylic acids is 2. The summed E-state index contributed by atoms with van der Waals surface area (Å²) in [4.78, 5) is 22.9. The molecule has 1 aliphatic carbocycles. The molecule has 1 aromatic rings. The van der Waals surface area contributed by atoms with Crippen LogP contribution in [0, 0.1) is 0 Å². The largest absolute Gasteiger partial charge is 0.504 e. The lowest BCUT2D eigenvalue weighted by atomic mass is 9.94. The van der Waals surface area contributed by atoms with Crippen LogP contribution in [0.2, 0.25) is 0 Å². The van der Waals surface area contributed by atoms with E-state index in [1.54, 1.807) is 0 Å². The number of rotatable bonds is 3. The van der Waals surface area contributed by atoms with Gasteiger partial charge in [-0.15, -0.1) is 0 Å². The SMILES string of the molecule is O=C1C=C(O)C(=O)C(CCc2ccccc2)=C1O. The smallest absolute Gasteiger partial charge is 0.227 e. The molecular weight excluding hydrogens is 232 g/mol. The number of benzene rings is 1. The average molecular weight is 244 g/mol. The Morgan fingerprint density at radius 2 is 1.61 bits per heavy atom. The van der Waals surface area contributed by atoms with Crippen LogP contribution in [0.4, 0.5) is 0 Å². The lowest BCUT2D eigenvalue weighted by molar-refractivity contribution is -0.119. The first kappa shape index (κ1) is 12.1. The lowest BCUT2D eigenvalue weighted by Gasteiger charge is -2.12. The molecule has 0 saturated heterocycles. The molecule has 1 aliphatic rings. The van der Waals surface area contributed by atoms with Crippen molar-refractivity contribution in [3.63, 3.8) is 0 Å². The van der Waals surface area contributed by atoms with E-state index in [-0.39, 0.29) is 12.0 Å². The maximum Gasteiger partial charge on any atom is 0.227 e. The minimum absolute atomic E-state index is 0.0242. The van der Waals surface area contributed by atoms with Gasteiger partial charge < -0.3 is 10.2 Å². The van der Waals surface area contributed by atoms with Gasteiger partial charge in [-0.3, -0.25) is 9.59 Å². The van der Waals surface area contributed by atoms with Gasteiger partial charge in [-0.1, -0.05) is 30.3 Å². The van der Waals surface area contributed by atoms with Crippen LogP contribution in [0.25, 0.3) is 0 Å². The Labute approximate surface area is 104 Å². The van der Waals surface area contributed by atoms with Crippen molar-refractivity contribution >= 4 is 11.6 Å². The van der Waals surface area contributed by atoms with Gasteiger partial charge >= 0.3 is 0 Å². The monoisotopic (exact) mass is 244 g/mol. The van der Waals surface area contributed by atoms with Crippen LogP contribution in [0.5, 0.6) is 0 Å². The Morgan fingerprint density at radius 3 is 2.28 bits per heavy atom.